The molecule has 1 saturated heterocycles. The van der Waals surface area contributed by atoms with Gasteiger partial charge in [0.05, 0.1) is 17.9 Å². The van der Waals surface area contributed by atoms with E-state index in [0.717, 1.165) is 22.6 Å². The number of aryl methyl sites for hydroxylation is 1. The highest BCUT2D eigenvalue weighted by atomic mass is 19.1. The second-order valence-corrected chi connectivity index (χ2v) is 7.91. The molecule has 2 aromatic heterocycles. The third-order valence-corrected chi connectivity index (χ3v) is 5.51. The van der Waals surface area contributed by atoms with Gasteiger partial charge in [-0.25, -0.2) is 9.37 Å². The maximum Gasteiger partial charge on any atom is 0.223 e. The zero-order valence-electron chi connectivity index (χ0n) is 17.0. The molecule has 5 nitrogen and oxygen atoms in total. The topological polar surface area (TPSA) is 46.8 Å². The fourth-order valence-corrected chi connectivity index (χ4v) is 4.28. The van der Waals surface area contributed by atoms with Crippen LogP contribution in [0.5, 0.6) is 0 Å². The number of ether oxygens (including phenoxy) is 1. The minimum atomic E-state index is -0.306. The standard InChI is InChI=1S/C23H26FN3O2/c1-15-6-4-9-22-25-12-21(27(15)22)20(18-7-5-8-19(24)10-18)11-23(28)26-13-16(2)29-17(3)14-26/h4-10,12,16-17,20H,11,13-14H2,1-3H3. The number of rotatable bonds is 4. The summed E-state index contributed by atoms with van der Waals surface area (Å²) in [4.78, 5) is 19.6. The fourth-order valence-electron chi connectivity index (χ4n) is 4.28. The number of fused-ring (bicyclic) bond motifs is 1. The van der Waals surface area contributed by atoms with Crippen LogP contribution in [0, 0.1) is 12.7 Å². The highest BCUT2D eigenvalue weighted by Crippen LogP contribution is 2.31. The summed E-state index contributed by atoms with van der Waals surface area (Å²) >= 11 is 0. The number of hydrogen-bond donors (Lipinski definition) is 0. The summed E-state index contributed by atoms with van der Waals surface area (Å²) in [5.41, 5.74) is 3.52. The molecule has 3 heterocycles. The van der Waals surface area contributed by atoms with E-state index >= 15 is 0 Å². The minimum absolute atomic E-state index is 0.00774. The van der Waals surface area contributed by atoms with E-state index in [-0.39, 0.29) is 36.3 Å². The van der Waals surface area contributed by atoms with Crippen molar-refractivity contribution >= 4 is 11.6 Å². The second kappa shape index (κ2) is 7.95. The average Bonchev–Trinajstić information content (AvgIpc) is 3.10. The first-order valence-corrected chi connectivity index (χ1v) is 10.0. The third kappa shape index (κ3) is 4.03. The third-order valence-electron chi connectivity index (χ3n) is 5.51. The van der Waals surface area contributed by atoms with Crippen LogP contribution in [0.25, 0.3) is 5.65 Å². The highest BCUT2D eigenvalue weighted by molar-refractivity contribution is 5.78. The Hall–Kier alpha value is -2.73. The Bertz CT molecular complexity index is 1020. The van der Waals surface area contributed by atoms with Crippen LogP contribution in [0.2, 0.25) is 0 Å². The van der Waals surface area contributed by atoms with Gasteiger partial charge in [0.25, 0.3) is 0 Å². The first-order valence-electron chi connectivity index (χ1n) is 10.0. The van der Waals surface area contributed by atoms with E-state index in [9.17, 15) is 9.18 Å². The lowest BCUT2D eigenvalue weighted by molar-refractivity contribution is -0.143. The van der Waals surface area contributed by atoms with Gasteiger partial charge in [0.15, 0.2) is 0 Å². The van der Waals surface area contributed by atoms with Crippen LogP contribution in [0.1, 0.15) is 43.1 Å². The van der Waals surface area contributed by atoms with Crippen molar-refractivity contribution in [3.05, 3.63) is 71.4 Å². The normalized spacial score (nSPS) is 20.8. The van der Waals surface area contributed by atoms with Crippen LogP contribution in [0.15, 0.2) is 48.7 Å². The van der Waals surface area contributed by atoms with Crippen LogP contribution < -0.4 is 0 Å². The number of pyridine rings is 1. The maximum atomic E-state index is 14.0. The van der Waals surface area contributed by atoms with E-state index in [1.807, 2.05) is 54.3 Å². The number of morpholine rings is 1. The molecule has 1 aromatic carbocycles. The Labute approximate surface area is 170 Å². The van der Waals surface area contributed by atoms with Crippen LogP contribution in [-0.2, 0) is 9.53 Å². The largest absolute Gasteiger partial charge is 0.372 e. The van der Waals surface area contributed by atoms with Gasteiger partial charge in [-0.3, -0.25) is 4.79 Å². The first kappa shape index (κ1) is 19.6. The predicted molar refractivity (Wildman–Crippen MR) is 109 cm³/mol. The summed E-state index contributed by atoms with van der Waals surface area (Å²) in [6.45, 7) is 7.12. The van der Waals surface area contributed by atoms with Crippen LogP contribution >= 0.6 is 0 Å². The van der Waals surface area contributed by atoms with Gasteiger partial charge in [-0.05, 0) is 50.6 Å². The number of benzene rings is 1. The fraction of sp³-hybridized carbons (Fsp3) is 0.391. The van der Waals surface area contributed by atoms with E-state index < -0.39 is 0 Å². The zero-order valence-corrected chi connectivity index (χ0v) is 17.0. The predicted octanol–water partition coefficient (Wildman–Crippen LogP) is 3.94. The van der Waals surface area contributed by atoms with Gasteiger partial charge in [-0.15, -0.1) is 0 Å². The number of amides is 1. The number of halogens is 1. The molecule has 1 aliphatic heterocycles. The van der Waals surface area contributed by atoms with E-state index in [1.54, 1.807) is 12.3 Å². The summed E-state index contributed by atoms with van der Waals surface area (Å²) in [6, 6.07) is 12.4. The Morgan fingerprint density at radius 2 is 1.93 bits per heavy atom. The monoisotopic (exact) mass is 395 g/mol. The van der Waals surface area contributed by atoms with Gasteiger partial charge < -0.3 is 14.0 Å². The molecule has 0 aliphatic carbocycles. The minimum Gasteiger partial charge on any atom is -0.372 e. The Kier molecular flexibility index (Phi) is 5.37. The zero-order chi connectivity index (χ0) is 20.5. The molecule has 1 fully saturated rings. The van der Waals surface area contributed by atoms with Crippen molar-refractivity contribution in [1.82, 2.24) is 14.3 Å². The average molecular weight is 395 g/mol. The summed E-state index contributed by atoms with van der Waals surface area (Å²) in [7, 11) is 0. The van der Waals surface area contributed by atoms with Gasteiger partial charge in [0.2, 0.25) is 5.91 Å². The molecule has 29 heavy (non-hydrogen) atoms. The molecule has 1 amide bonds. The number of imidazole rings is 1. The molecule has 0 radical (unpaired) electrons. The van der Waals surface area contributed by atoms with Gasteiger partial charge >= 0.3 is 0 Å². The first-order chi connectivity index (χ1) is 13.9. The lowest BCUT2D eigenvalue weighted by atomic mass is 9.91. The van der Waals surface area contributed by atoms with Gasteiger partial charge in [0.1, 0.15) is 11.5 Å². The van der Waals surface area contributed by atoms with Crippen molar-refractivity contribution in [2.75, 3.05) is 13.1 Å². The second-order valence-electron chi connectivity index (χ2n) is 7.91. The lowest BCUT2D eigenvalue weighted by Gasteiger charge is -2.36. The van der Waals surface area contributed by atoms with Crippen molar-refractivity contribution in [1.29, 1.82) is 0 Å². The van der Waals surface area contributed by atoms with Crippen molar-refractivity contribution in [3.63, 3.8) is 0 Å². The van der Waals surface area contributed by atoms with Gasteiger partial charge in [-0.1, -0.05) is 18.2 Å². The summed E-state index contributed by atoms with van der Waals surface area (Å²) < 4.78 is 21.8. The smallest absolute Gasteiger partial charge is 0.223 e. The summed E-state index contributed by atoms with van der Waals surface area (Å²) in [5.74, 6) is -0.549. The van der Waals surface area contributed by atoms with Crippen LogP contribution in [0.4, 0.5) is 4.39 Å². The van der Waals surface area contributed by atoms with E-state index in [4.69, 9.17) is 4.74 Å². The molecule has 152 valence electrons. The Morgan fingerprint density at radius 3 is 2.66 bits per heavy atom. The molecule has 1 aliphatic rings. The molecule has 3 atom stereocenters. The molecular formula is C23H26FN3O2. The van der Waals surface area contributed by atoms with Crippen LogP contribution in [0.3, 0.4) is 0 Å². The molecule has 0 saturated carbocycles. The van der Waals surface area contributed by atoms with Crippen molar-refractivity contribution in [3.8, 4) is 0 Å². The van der Waals surface area contributed by atoms with Crippen molar-refractivity contribution < 1.29 is 13.9 Å². The maximum absolute atomic E-state index is 14.0. The van der Waals surface area contributed by atoms with Crippen molar-refractivity contribution in [2.45, 2.75) is 45.3 Å². The summed E-state index contributed by atoms with van der Waals surface area (Å²) in [5, 5.41) is 0. The number of aromatic nitrogens is 2. The highest BCUT2D eigenvalue weighted by Gasteiger charge is 2.29. The van der Waals surface area contributed by atoms with Gasteiger partial charge in [-0.2, -0.15) is 0 Å². The molecule has 3 aromatic rings. The molecule has 3 unspecified atom stereocenters. The number of nitrogens with zero attached hydrogens (tertiary/aromatic N) is 3. The van der Waals surface area contributed by atoms with Crippen LogP contribution in [-0.4, -0.2) is 45.5 Å². The van der Waals surface area contributed by atoms with E-state index in [2.05, 4.69) is 4.98 Å². The SMILES string of the molecule is Cc1cccc2ncc(C(CC(=O)N3CC(C)OC(C)C3)c3cccc(F)c3)n12. The molecule has 4 rings (SSSR count). The van der Waals surface area contributed by atoms with Crippen molar-refractivity contribution in [2.24, 2.45) is 0 Å². The molecule has 0 N–H and O–H groups in total. The summed E-state index contributed by atoms with van der Waals surface area (Å²) in [6.07, 6.45) is 2.07. The number of hydrogen-bond acceptors (Lipinski definition) is 3. The number of carbonyl (C=O) groups is 1. The number of carbonyl (C=O) groups excluding carboxylic acids is 1. The molecular weight excluding hydrogens is 369 g/mol. The molecule has 0 spiro atoms. The Balaban J connectivity index is 1.72. The van der Waals surface area contributed by atoms with Gasteiger partial charge in [0, 0.05) is 37.3 Å². The van der Waals surface area contributed by atoms with E-state index in [1.165, 1.54) is 12.1 Å². The quantitative estimate of drug-likeness (QED) is 0.672. The lowest BCUT2D eigenvalue weighted by Crippen LogP contribution is -2.48. The van der Waals surface area contributed by atoms with E-state index in [0.29, 0.717) is 13.1 Å². The Morgan fingerprint density at radius 1 is 1.21 bits per heavy atom. The molecule has 0 bridgehead atoms. The molecule has 6 heteroatoms.